The molecule has 0 radical (unpaired) electrons. The van der Waals surface area contributed by atoms with Crippen LogP contribution in [0.25, 0.3) is 21.2 Å². The van der Waals surface area contributed by atoms with Crippen LogP contribution in [0.3, 0.4) is 0 Å². The number of sulfonamides is 1. The molecule has 0 amide bonds. The lowest BCUT2D eigenvalue weighted by Gasteiger charge is -2.27. The Morgan fingerprint density at radius 3 is 2.41 bits per heavy atom. The number of halogens is 4. The molecule has 5 rings (SSSR count). The van der Waals surface area contributed by atoms with E-state index in [1.165, 1.54) is 29.5 Å². The number of aliphatic hydroxyl groups is 1. The van der Waals surface area contributed by atoms with Crippen molar-refractivity contribution >= 4 is 43.0 Å². The van der Waals surface area contributed by atoms with Crippen molar-refractivity contribution in [1.29, 1.82) is 0 Å². The molecule has 1 aliphatic carbocycles. The number of fused-ring (bicyclic) bond motifs is 1. The third-order valence-corrected chi connectivity index (χ3v) is 10.1. The molecule has 0 saturated heterocycles. The van der Waals surface area contributed by atoms with E-state index in [0.717, 1.165) is 17.0 Å². The molecule has 1 heterocycles. The molecule has 1 aromatic heterocycles. The summed E-state index contributed by atoms with van der Waals surface area (Å²) in [6, 6.07) is 19.4. The summed E-state index contributed by atoms with van der Waals surface area (Å²) in [6.45, 7) is 0.732. The summed E-state index contributed by atoms with van der Waals surface area (Å²) in [4.78, 5) is 0.707. The van der Waals surface area contributed by atoms with Gasteiger partial charge in [-0.1, -0.05) is 66.2 Å². The zero-order valence-electron chi connectivity index (χ0n) is 19.6. The summed E-state index contributed by atoms with van der Waals surface area (Å²) in [5, 5.41) is 11.0. The molecule has 194 valence electrons. The Morgan fingerprint density at radius 1 is 1.03 bits per heavy atom. The average molecular weight is 566 g/mol. The van der Waals surface area contributed by atoms with E-state index in [2.05, 4.69) is 4.72 Å². The topological polar surface area (TPSA) is 66.4 Å². The molecule has 3 aromatic carbocycles. The van der Waals surface area contributed by atoms with Crippen LogP contribution in [0.5, 0.6) is 0 Å². The van der Waals surface area contributed by atoms with Crippen molar-refractivity contribution in [2.75, 3.05) is 0 Å². The van der Waals surface area contributed by atoms with Crippen LogP contribution in [0.2, 0.25) is 5.02 Å². The predicted molar refractivity (Wildman–Crippen MR) is 141 cm³/mol. The van der Waals surface area contributed by atoms with Crippen LogP contribution in [0.1, 0.15) is 41.8 Å². The van der Waals surface area contributed by atoms with Gasteiger partial charge in [-0.25, -0.2) is 13.1 Å². The lowest BCUT2D eigenvalue weighted by atomic mass is 9.92. The molecule has 2 N–H and O–H groups in total. The number of hydrogen-bond donors (Lipinski definition) is 2. The molecule has 10 heteroatoms. The zero-order valence-corrected chi connectivity index (χ0v) is 22.0. The van der Waals surface area contributed by atoms with Gasteiger partial charge < -0.3 is 5.11 Å². The molecule has 4 aromatic rings. The Morgan fingerprint density at radius 2 is 1.73 bits per heavy atom. The minimum Gasteiger partial charge on any atom is -0.376 e. The minimum absolute atomic E-state index is 0.266. The standard InChI is InChI=1S/C27H23ClF3NO3S2/c1-26(33,27(29,30)31)18-8-4-6-16(14-18)20-10-5-7-17-15-23(36-25(17)20)24(21-9-2-3-11-22(21)28)32-37(34,35)19-12-13-19/h2-11,14-15,19,24,32-33H,12-13H2,1H3/t24-,26+/m1/s1. The van der Waals surface area contributed by atoms with Crippen molar-refractivity contribution in [1.82, 2.24) is 4.72 Å². The second-order valence-corrected chi connectivity index (χ2v) is 12.8. The number of thiophene rings is 1. The quantitative estimate of drug-likeness (QED) is 0.250. The van der Waals surface area contributed by atoms with Gasteiger partial charge in [-0.2, -0.15) is 13.2 Å². The molecule has 1 fully saturated rings. The molecule has 1 saturated carbocycles. The van der Waals surface area contributed by atoms with Crippen LogP contribution in [0.15, 0.2) is 72.8 Å². The van der Waals surface area contributed by atoms with Crippen LogP contribution in [0, 0.1) is 0 Å². The van der Waals surface area contributed by atoms with Crippen molar-refractivity contribution in [3.05, 3.63) is 93.8 Å². The SMILES string of the molecule is C[C@](O)(c1cccc(-c2cccc3cc([C@H](NS(=O)(=O)C4CC4)c4ccccc4Cl)sc23)c1)C(F)(F)F. The molecule has 1 aliphatic rings. The first kappa shape index (κ1) is 26.2. The van der Waals surface area contributed by atoms with Gasteiger partial charge in [0, 0.05) is 14.6 Å². The number of benzene rings is 3. The molecule has 0 unspecified atom stereocenters. The number of alkyl halides is 3. The Hall–Kier alpha value is -2.43. The van der Waals surface area contributed by atoms with Gasteiger partial charge in [0.1, 0.15) is 0 Å². The maximum atomic E-state index is 13.5. The fourth-order valence-electron chi connectivity index (χ4n) is 4.23. The van der Waals surface area contributed by atoms with Crippen LogP contribution in [0.4, 0.5) is 13.2 Å². The van der Waals surface area contributed by atoms with Crippen LogP contribution in [-0.2, 0) is 15.6 Å². The fraction of sp³-hybridized carbons (Fsp3) is 0.259. The van der Waals surface area contributed by atoms with Crippen molar-refractivity contribution < 1.29 is 26.7 Å². The van der Waals surface area contributed by atoms with E-state index in [9.17, 15) is 26.7 Å². The second-order valence-electron chi connectivity index (χ2n) is 9.34. The van der Waals surface area contributed by atoms with Crippen molar-refractivity contribution in [3.63, 3.8) is 0 Å². The van der Waals surface area contributed by atoms with Gasteiger partial charge in [-0.05, 0) is 65.6 Å². The Bertz CT molecular complexity index is 1580. The van der Waals surface area contributed by atoms with E-state index in [1.54, 1.807) is 42.5 Å². The lowest BCUT2D eigenvalue weighted by Crippen LogP contribution is -2.39. The Balaban J connectivity index is 1.62. The van der Waals surface area contributed by atoms with Gasteiger partial charge in [-0.15, -0.1) is 11.3 Å². The third-order valence-electron chi connectivity index (χ3n) is 6.60. The highest BCUT2D eigenvalue weighted by Crippen LogP contribution is 2.43. The van der Waals surface area contributed by atoms with E-state index < -0.39 is 33.1 Å². The summed E-state index contributed by atoms with van der Waals surface area (Å²) in [5.41, 5.74) is -1.47. The molecule has 2 atom stereocenters. The molecular formula is C27H23ClF3NO3S2. The maximum Gasteiger partial charge on any atom is 0.421 e. The zero-order chi connectivity index (χ0) is 26.6. The lowest BCUT2D eigenvalue weighted by molar-refractivity contribution is -0.258. The van der Waals surface area contributed by atoms with Crippen molar-refractivity contribution in [2.45, 2.75) is 42.8 Å². The van der Waals surface area contributed by atoms with Crippen molar-refractivity contribution in [2.24, 2.45) is 0 Å². The van der Waals surface area contributed by atoms with E-state index >= 15 is 0 Å². The first-order chi connectivity index (χ1) is 17.4. The molecule has 0 aliphatic heterocycles. The first-order valence-electron chi connectivity index (χ1n) is 11.6. The van der Waals surface area contributed by atoms with Gasteiger partial charge in [0.25, 0.3) is 0 Å². The van der Waals surface area contributed by atoms with Crippen LogP contribution >= 0.6 is 22.9 Å². The molecule has 4 nitrogen and oxygen atoms in total. The predicted octanol–water partition coefficient (Wildman–Crippen LogP) is 7.16. The van der Waals surface area contributed by atoms with Crippen LogP contribution in [-0.4, -0.2) is 25.0 Å². The molecule has 0 spiro atoms. The summed E-state index contributed by atoms with van der Waals surface area (Å²) in [5.74, 6) is 0. The van der Waals surface area contributed by atoms with E-state index in [-0.39, 0.29) is 5.56 Å². The first-order valence-corrected chi connectivity index (χ1v) is 14.3. The summed E-state index contributed by atoms with van der Waals surface area (Å²) >= 11 is 7.82. The van der Waals surface area contributed by atoms with Gasteiger partial charge in [0.2, 0.25) is 10.0 Å². The molecule has 37 heavy (non-hydrogen) atoms. The van der Waals surface area contributed by atoms with E-state index in [0.29, 0.717) is 39.4 Å². The average Bonchev–Trinajstić information content (AvgIpc) is 3.62. The highest BCUT2D eigenvalue weighted by atomic mass is 35.5. The van der Waals surface area contributed by atoms with Gasteiger partial charge >= 0.3 is 6.18 Å². The number of rotatable bonds is 7. The summed E-state index contributed by atoms with van der Waals surface area (Å²) in [7, 11) is -3.57. The maximum absolute atomic E-state index is 13.5. The fourth-order valence-corrected chi connectivity index (χ4v) is 7.35. The normalized spacial score (nSPS) is 17.0. The highest BCUT2D eigenvalue weighted by molar-refractivity contribution is 7.90. The minimum atomic E-state index is -4.84. The Kier molecular flexibility index (Phi) is 6.65. The third kappa shape index (κ3) is 5.03. The van der Waals surface area contributed by atoms with Gasteiger partial charge in [-0.3, -0.25) is 0 Å². The smallest absolute Gasteiger partial charge is 0.376 e. The van der Waals surface area contributed by atoms with E-state index in [4.69, 9.17) is 11.6 Å². The van der Waals surface area contributed by atoms with E-state index in [1.807, 2.05) is 12.1 Å². The summed E-state index contributed by atoms with van der Waals surface area (Å²) in [6.07, 6.45) is -3.62. The van der Waals surface area contributed by atoms with Gasteiger partial charge in [0.05, 0.1) is 11.3 Å². The molecule has 0 bridgehead atoms. The molecular weight excluding hydrogens is 543 g/mol. The largest absolute Gasteiger partial charge is 0.421 e. The van der Waals surface area contributed by atoms with Gasteiger partial charge in [0.15, 0.2) is 5.60 Å². The summed E-state index contributed by atoms with van der Waals surface area (Å²) < 4.78 is 69.9. The van der Waals surface area contributed by atoms with Crippen molar-refractivity contribution in [3.8, 4) is 11.1 Å². The van der Waals surface area contributed by atoms with Crippen LogP contribution < -0.4 is 4.72 Å². The number of nitrogens with one attached hydrogen (secondary N) is 1. The Labute approximate surface area is 221 Å². The highest BCUT2D eigenvalue weighted by Gasteiger charge is 2.51. The second kappa shape index (κ2) is 9.39. The monoisotopic (exact) mass is 565 g/mol. The number of hydrogen-bond acceptors (Lipinski definition) is 4.